The summed E-state index contributed by atoms with van der Waals surface area (Å²) in [6, 6.07) is 1.36. The molecule has 1 saturated heterocycles. The fraction of sp³-hybridized carbons (Fsp3) is 0.667. The molecule has 0 radical (unpaired) electrons. The molecule has 1 atom stereocenters. The zero-order valence-corrected chi connectivity index (χ0v) is 13.2. The summed E-state index contributed by atoms with van der Waals surface area (Å²) in [6.07, 6.45) is 4.54. The van der Waals surface area contributed by atoms with Crippen LogP contribution in [0.1, 0.15) is 32.1 Å². The van der Waals surface area contributed by atoms with Crippen molar-refractivity contribution < 1.29 is 9.53 Å². The summed E-state index contributed by atoms with van der Waals surface area (Å²) in [5.41, 5.74) is -0.787. The summed E-state index contributed by atoms with van der Waals surface area (Å²) < 4.78 is 6.41. The number of amides is 1. The molecule has 1 aliphatic heterocycles. The highest BCUT2D eigenvalue weighted by atomic mass is 16.6. The van der Waals surface area contributed by atoms with E-state index in [0.29, 0.717) is 18.9 Å². The highest BCUT2D eigenvalue weighted by molar-refractivity contribution is 5.68. The van der Waals surface area contributed by atoms with Gasteiger partial charge < -0.3 is 15.0 Å². The van der Waals surface area contributed by atoms with Gasteiger partial charge >= 0.3 is 11.8 Å². The van der Waals surface area contributed by atoms with Crippen LogP contribution in [0.4, 0.5) is 10.6 Å². The molecule has 0 unspecified atom stereocenters. The third-order valence-corrected chi connectivity index (χ3v) is 4.56. The second-order valence-electron chi connectivity index (χ2n) is 6.24. The molecule has 8 nitrogen and oxygen atoms in total. The van der Waals surface area contributed by atoms with E-state index in [2.05, 4.69) is 10.3 Å². The van der Waals surface area contributed by atoms with Crippen LogP contribution < -0.4 is 21.5 Å². The van der Waals surface area contributed by atoms with Crippen LogP contribution in [0.5, 0.6) is 0 Å². The molecular formula is C15H22N4O4. The minimum atomic E-state index is -0.440. The smallest absolute Gasteiger partial charge is 0.407 e. The van der Waals surface area contributed by atoms with E-state index in [4.69, 9.17) is 4.74 Å². The van der Waals surface area contributed by atoms with Gasteiger partial charge in [-0.1, -0.05) is 0 Å². The molecule has 2 fully saturated rings. The average Bonchev–Trinajstić information content (AvgIpc) is 3.16. The number of anilines is 1. The first-order valence-corrected chi connectivity index (χ1v) is 8.05. The van der Waals surface area contributed by atoms with E-state index in [0.717, 1.165) is 36.7 Å². The lowest BCUT2D eigenvalue weighted by Crippen LogP contribution is -2.40. The summed E-state index contributed by atoms with van der Waals surface area (Å²) in [4.78, 5) is 39.8. The van der Waals surface area contributed by atoms with E-state index in [9.17, 15) is 14.4 Å². The molecule has 23 heavy (non-hydrogen) atoms. The van der Waals surface area contributed by atoms with Gasteiger partial charge in [-0.3, -0.25) is 14.3 Å². The number of ether oxygens (including phenoxy) is 1. The van der Waals surface area contributed by atoms with E-state index in [1.807, 2.05) is 4.90 Å². The third-order valence-electron chi connectivity index (χ3n) is 4.56. The summed E-state index contributed by atoms with van der Waals surface area (Å²) >= 11 is 0. The lowest BCUT2D eigenvalue weighted by molar-refractivity contribution is 0.0985. The van der Waals surface area contributed by atoms with Crippen LogP contribution in [-0.2, 0) is 11.8 Å². The highest BCUT2D eigenvalue weighted by Gasteiger charge is 2.27. The van der Waals surface area contributed by atoms with Gasteiger partial charge in [0.05, 0.1) is 6.04 Å². The van der Waals surface area contributed by atoms with Crippen molar-refractivity contribution in [3.05, 3.63) is 26.9 Å². The predicted molar refractivity (Wildman–Crippen MR) is 84.8 cm³/mol. The number of rotatable bonds is 3. The molecule has 2 N–H and O–H groups in total. The van der Waals surface area contributed by atoms with Crippen molar-refractivity contribution in [3.8, 4) is 0 Å². The number of alkyl carbamates (subject to hydrolysis) is 1. The fourth-order valence-corrected chi connectivity index (χ4v) is 3.17. The summed E-state index contributed by atoms with van der Waals surface area (Å²) in [7, 11) is 1.43. The molecule has 0 bridgehead atoms. The van der Waals surface area contributed by atoms with Crippen molar-refractivity contribution in [2.24, 2.45) is 7.05 Å². The number of carbonyl (C=O) groups is 1. The molecule has 126 valence electrons. The number of aromatic nitrogens is 2. The van der Waals surface area contributed by atoms with Gasteiger partial charge in [-0.25, -0.2) is 9.59 Å². The summed E-state index contributed by atoms with van der Waals surface area (Å²) in [5, 5.41) is 2.87. The number of hydrogen-bond acceptors (Lipinski definition) is 5. The predicted octanol–water partition coefficient (Wildman–Crippen LogP) is 0.321. The molecule has 1 aromatic rings. The Bertz CT molecular complexity index is 658. The number of H-pyrrole nitrogens is 1. The van der Waals surface area contributed by atoms with Gasteiger partial charge in [0.2, 0.25) is 0 Å². The Hall–Kier alpha value is -2.25. The van der Waals surface area contributed by atoms with E-state index in [1.165, 1.54) is 13.1 Å². The Kier molecular flexibility index (Phi) is 4.40. The molecule has 1 amide bonds. The van der Waals surface area contributed by atoms with Crippen molar-refractivity contribution in [3.63, 3.8) is 0 Å². The van der Waals surface area contributed by atoms with Gasteiger partial charge in [0, 0.05) is 26.2 Å². The summed E-state index contributed by atoms with van der Waals surface area (Å²) in [6.45, 7) is 1.21. The maximum absolute atomic E-state index is 11.9. The lowest BCUT2D eigenvalue weighted by Gasteiger charge is -2.19. The van der Waals surface area contributed by atoms with E-state index < -0.39 is 5.69 Å². The average molecular weight is 322 g/mol. The normalized spacial score (nSPS) is 21.6. The standard InChI is InChI=1S/C15H22N4O4/c1-18-13(20)8-12(17-14(18)21)19-7-6-10(9-19)16-15(22)23-11-4-2-3-5-11/h8,10-11H,2-7,9H2,1H3,(H,16,22)(H,17,21)/t10-/m0/s1. The second-order valence-corrected chi connectivity index (χ2v) is 6.24. The Labute approximate surface area is 133 Å². The largest absolute Gasteiger partial charge is 0.446 e. The molecule has 1 aliphatic carbocycles. The number of aromatic amines is 1. The second kappa shape index (κ2) is 6.47. The zero-order valence-electron chi connectivity index (χ0n) is 13.2. The Morgan fingerprint density at radius 1 is 1.30 bits per heavy atom. The minimum Gasteiger partial charge on any atom is -0.446 e. The number of nitrogens with zero attached hydrogens (tertiary/aromatic N) is 2. The molecule has 0 spiro atoms. The van der Waals surface area contributed by atoms with Gasteiger partial charge in [0.15, 0.2) is 0 Å². The van der Waals surface area contributed by atoms with Gasteiger partial charge in [-0.05, 0) is 32.1 Å². The van der Waals surface area contributed by atoms with E-state index in [1.54, 1.807) is 0 Å². The Balaban J connectivity index is 1.57. The number of carbonyl (C=O) groups excluding carboxylic acids is 1. The van der Waals surface area contributed by atoms with Crippen LogP contribution in [0.15, 0.2) is 15.7 Å². The maximum atomic E-state index is 11.9. The van der Waals surface area contributed by atoms with Crippen LogP contribution >= 0.6 is 0 Å². The quantitative estimate of drug-likeness (QED) is 0.835. The summed E-state index contributed by atoms with van der Waals surface area (Å²) in [5.74, 6) is 0.492. The first kappa shape index (κ1) is 15.6. The maximum Gasteiger partial charge on any atom is 0.407 e. The van der Waals surface area contributed by atoms with Gasteiger partial charge in [0.25, 0.3) is 5.56 Å². The van der Waals surface area contributed by atoms with Gasteiger partial charge in [-0.15, -0.1) is 0 Å². The lowest BCUT2D eigenvalue weighted by atomic mass is 10.3. The van der Waals surface area contributed by atoms with Crippen molar-refractivity contribution in [1.29, 1.82) is 0 Å². The van der Waals surface area contributed by atoms with Crippen molar-refractivity contribution in [2.45, 2.75) is 44.2 Å². The van der Waals surface area contributed by atoms with E-state index >= 15 is 0 Å². The molecular weight excluding hydrogens is 300 g/mol. The minimum absolute atomic E-state index is 0.0426. The van der Waals surface area contributed by atoms with Crippen LogP contribution in [0.2, 0.25) is 0 Å². The van der Waals surface area contributed by atoms with Crippen LogP contribution in [-0.4, -0.2) is 40.9 Å². The van der Waals surface area contributed by atoms with Gasteiger partial charge in [-0.2, -0.15) is 0 Å². The van der Waals surface area contributed by atoms with Crippen molar-refractivity contribution in [1.82, 2.24) is 14.9 Å². The molecule has 1 saturated carbocycles. The Morgan fingerprint density at radius 3 is 2.74 bits per heavy atom. The highest BCUT2D eigenvalue weighted by Crippen LogP contribution is 2.21. The molecule has 2 aliphatic rings. The number of nitrogens with one attached hydrogen (secondary N) is 2. The molecule has 2 heterocycles. The van der Waals surface area contributed by atoms with E-state index in [-0.39, 0.29) is 23.8 Å². The van der Waals surface area contributed by atoms with Crippen molar-refractivity contribution in [2.75, 3.05) is 18.0 Å². The van der Waals surface area contributed by atoms with Crippen LogP contribution in [0.25, 0.3) is 0 Å². The fourth-order valence-electron chi connectivity index (χ4n) is 3.17. The molecule has 1 aromatic heterocycles. The Morgan fingerprint density at radius 2 is 2.04 bits per heavy atom. The zero-order chi connectivity index (χ0) is 16.4. The SMILES string of the molecule is Cn1c(=O)cc(N2CC[C@H](NC(=O)OC3CCCC3)C2)[nH]c1=O. The molecule has 8 heteroatoms. The number of hydrogen-bond donors (Lipinski definition) is 2. The van der Waals surface area contributed by atoms with Gasteiger partial charge in [0.1, 0.15) is 11.9 Å². The molecule has 3 rings (SSSR count). The molecule has 0 aromatic carbocycles. The first-order chi connectivity index (χ1) is 11.0. The monoisotopic (exact) mass is 322 g/mol. The first-order valence-electron chi connectivity index (χ1n) is 8.05. The third kappa shape index (κ3) is 3.57. The topological polar surface area (TPSA) is 96.4 Å². The van der Waals surface area contributed by atoms with Crippen LogP contribution in [0.3, 0.4) is 0 Å². The van der Waals surface area contributed by atoms with Crippen LogP contribution in [0, 0.1) is 0 Å². The van der Waals surface area contributed by atoms with Crippen molar-refractivity contribution >= 4 is 11.9 Å².